The highest BCUT2D eigenvalue weighted by atomic mass is 79.9. The van der Waals surface area contributed by atoms with E-state index in [4.69, 9.17) is 15.1 Å². The zero-order valence-corrected chi connectivity index (χ0v) is 23.7. The topological polar surface area (TPSA) is 83.9 Å². The first-order valence-corrected chi connectivity index (χ1v) is 16.4. The van der Waals surface area contributed by atoms with Crippen LogP contribution in [0.15, 0.2) is 20.0 Å². The van der Waals surface area contributed by atoms with E-state index in [1.54, 1.807) is 0 Å². The van der Waals surface area contributed by atoms with Crippen LogP contribution in [0.4, 0.5) is 4.39 Å². The number of aromatic nitrogens is 1. The molecule has 5 nitrogen and oxygen atoms in total. The van der Waals surface area contributed by atoms with Gasteiger partial charge in [0.25, 0.3) is 0 Å². The molecule has 1 aromatic heterocycles. The van der Waals surface area contributed by atoms with E-state index < -0.39 is 29.1 Å². The minimum atomic E-state index is -1.97. The van der Waals surface area contributed by atoms with Gasteiger partial charge in [0.2, 0.25) is 0 Å². The number of aliphatic hydroxyl groups excluding tert-OH is 1. The Balaban J connectivity index is 2.12. The minimum Gasteiger partial charge on any atom is -0.396 e. The van der Waals surface area contributed by atoms with Crippen LogP contribution in [0.1, 0.15) is 60.1 Å². The predicted octanol–water partition coefficient (Wildman–Crippen LogP) is 4.64. The van der Waals surface area contributed by atoms with Crippen LogP contribution in [0.25, 0.3) is 0 Å². The summed E-state index contributed by atoms with van der Waals surface area (Å²) >= 11 is 3.56. The molecular weight excluding hydrogens is 507 g/mol. The van der Waals surface area contributed by atoms with Crippen LogP contribution >= 0.6 is 15.9 Å². The van der Waals surface area contributed by atoms with Crippen LogP contribution in [0, 0.1) is 11.2 Å². The van der Waals surface area contributed by atoms with E-state index in [1.165, 1.54) is 0 Å². The molecule has 32 heavy (non-hydrogen) atoms. The molecule has 0 bridgehead atoms. The van der Waals surface area contributed by atoms with Gasteiger partial charge in [-0.2, -0.15) is 0 Å². The Kier molecular flexibility index (Phi) is 7.46. The molecule has 180 valence electrons. The van der Waals surface area contributed by atoms with Gasteiger partial charge < -0.3 is 10.8 Å². The van der Waals surface area contributed by atoms with Gasteiger partial charge in [0.05, 0.1) is 26.0 Å². The van der Waals surface area contributed by atoms with Gasteiger partial charge in [-0.1, -0.05) is 49.6 Å². The molecule has 0 aromatic carbocycles. The highest BCUT2D eigenvalue weighted by Crippen LogP contribution is 2.46. The summed E-state index contributed by atoms with van der Waals surface area (Å²) in [5.41, 5.74) is 5.93. The van der Waals surface area contributed by atoms with Crippen molar-refractivity contribution in [3.63, 3.8) is 0 Å². The molecule has 0 radical (unpaired) electrons. The number of nitrogens with zero attached hydrogens (tertiary/aromatic N) is 3. The first-order chi connectivity index (χ1) is 14.9. The SMILES string of the molecule is CC[Si](CC)(CC)c1cc(Br)nc([C@]2(C)C[S@@](=NCC3(CO)CC3)C(C)(C)C(N)=N2)c1F. The third-order valence-corrected chi connectivity index (χ3v) is 16.5. The summed E-state index contributed by atoms with van der Waals surface area (Å²) in [5.74, 6) is 0.864. The largest absolute Gasteiger partial charge is 0.396 e. The summed E-state index contributed by atoms with van der Waals surface area (Å²) in [6.07, 6.45) is 2.02. The molecule has 9 heteroatoms. The van der Waals surface area contributed by atoms with Gasteiger partial charge in [0, 0.05) is 11.2 Å². The molecule has 0 spiro atoms. The molecule has 1 fully saturated rings. The number of aliphatic imine (C=N–C) groups is 1. The fraction of sp³-hybridized carbons (Fsp3) is 0.739. The number of aliphatic hydroxyl groups is 1. The standard InChI is InChI=1S/C23H38BrFN4OSSi/c1-7-32(8-2,9-3)16-12-17(24)28-19(18(16)25)22(6)15-31(21(4,5)20(26)29-22)27-13-23(14-30)10-11-23/h12,30H,7-11,13-15H2,1-6H3,(H2,26,29)/t22-,31+/m0/s1. The predicted molar refractivity (Wildman–Crippen MR) is 140 cm³/mol. The number of hydrogen-bond donors (Lipinski definition) is 2. The Morgan fingerprint density at radius 1 is 1.22 bits per heavy atom. The van der Waals surface area contributed by atoms with E-state index in [9.17, 15) is 5.11 Å². The van der Waals surface area contributed by atoms with Crippen LogP contribution in [0.5, 0.6) is 0 Å². The van der Waals surface area contributed by atoms with Gasteiger partial charge in [0.1, 0.15) is 27.5 Å². The Bertz CT molecular complexity index is 938. The monoisotopic (exact) mass is 544 g/mol. The van der Waals surface area contributed by atoms with E-state index in [-0.39, 0.29) is 17.8 Å². The van der Waals surface area contributed by atoms with Crippen LogP contribution in [0.3, 0.4) is 0 Å². The number of pyridine rings is 1. The zero-order chi connectivity index (χ0) is 23.9. The molecule has 1 saturated carbocycles. The summed E-state index contributed by atoms with van der Waals surface area (Å²) in [4.78, 5) is 9.48. The Labute approximate surface area is 204 Å². The van der Waals surface area contributed by atoms with Gasteiger partial charge in [-0.15, -0.1) is 0 Å². The van der Waals surface area contributed by atoms with Gasteiger partial charge in [0.15, 0.2) is 0 Å². The lowest BCUT2D eigenvalue weighted by atomic mass is 9.98. The van der Waals surface area contributed by atoms with Crippen molar-refractivity contribution in [2.75, 3.05) is 18.9 Å². The second-order valence-electron chi connectivity index (χ2n) is 10.2. The Morgan fingerprint density at radius 2 is 1.81 bits per heavy atom. The van der Waals surface area contributed by atoms with Crippen molar-refractivity contribution in [2.45, 2.75) is 82.8 Å². The number of nitrogens with two attached hydrogens (primary N) is 1. The van der Waals surface area contributed by atoms with E-state index in [0.717, 1.165) is 36.2 Å². The second-order valence-corrected chi connectivity index (χ2v) is 18.6. The lowest BCUT2D eigenvalue weighted by Gasteiger charge is -2.40. The van der Waals surface area contributed by atoms with Gasteiger partial charge in [-0.25, -0.2) is 9.37 Å². The number of hydrogen-bond acceptors (Lipinski definition) is 5. The van der Waals surface area contributed by atoms with Crippen molar-refractivity contribution in [1.29, 1.82) is 0 Å². The number of amidine groups is 1. The molecule has 3 N–H and O–H groups in total. The maximum atomic E-state index is 16.2. The normalized spacial score (nSPS) is 26.8. The van der Waals surface area contributed by atoms with E-state index in [0.29, 0.717) is 28.4 Å². The van der Waals surface area contributed by atoms with Gasteiger partial charge >= 0.3 is 0 Å². The molecule has 2 aliphatic rings. The van der Waals surface area contributed by atoms with E-state index >= 15 is 4.39 Å². The lowest BCUT2D eigenvalue weighted by Crippen LogP contribution is -2.53. The van der Waals surface area contributed by atoms with Crippen molar-refractivity contribution in [1.82, 2.24) is 4.98 Å². The molecule has 1 aromatic rings. The summed E-state index contributed by atoms with van der Waals surface area (Å²) in [7, 11) is -2.43. The molecule has 0 amide bonds. The molecule has 0 saturated heterocycles. The zero-order valence-electron chi connectivity index (χ0n) is 20.3. The molecule has 1 aliphatic heterocycles. The summed E-state index contributed by atoms with van der Waals surface area (Å²) in [6, 6.07) is 4.87. The third-order valence-electron chi connectivity index (χ3n) is 7.88. The van der Waals surface area contributed by atoms with Crippen molar-refractivity contribution in [3.05, 3.63) is 22.2 Å². The van der Waals surface area contributed by atoms with Crippen molar-refractivity contribution >= 4 is 45.7 Å². The van der Waals surface area contributed by atoms with Gasteiger partial charge in [-0.05, 0) is 60.8 Å². The smallest absolute Gasteiger partial charge is 0.146 e. The fourth-order valence-corrected chi connectivity index (χ4v) is 11.2. The average Bonchev–Trinajstić information content (AvgIpc) is 3.54. The Morgan fingerprint density at radius 3 is 2.31 bits per heavy atom. The first kappa shape index (κ1) is 26.0. The molecule has 2 atom stereocenters. The minimum absolute atomic E-state index is 0.0656. The van der Waals surface area contributed by atoms with Crippen LogP contribution in [-0.2, 0) is 16.2 Å². The quantitative estimate of drug-likeness (QED) is 0.369. The maximum Gasteiger partial charge on any atom is 0.146 e. The van der Waals surface area contributed by atoms with Gasteiger partial charge in [-0.3, -0.25) is 9.36 Å². The van der Waals surface area contributed by atoms with Crippen LogP contribution < -0.4 is 10.9 Å². The molecular formula is C23H38BrFN4OSSi. The lowest BCUT2D eigenvalue weighted by molar-refractivity contribution is 0.217. The molecule has 1 aliphatic carbocycles. The number of rotatable bonds is 8. The van der Waals surface area contributed by atoms with Crippen LogP contribution in [0.2, 0.25) is 18.1 Å². The third kappa shape index (κ3) is 4.51. The Hall–Kier alpha value is -0.643. The summed E-state index contributed by atoms with van der Waals surface area (Å²) < 4.78 is 21.5. The van der Waals surface area contributed by atoms with E-state index in [2.05, 4.69) is 55.5 Å². The highest BCUT2D eigenvalue weighted by molar-refractivity contribution is 9.10. The first-order valence-electron chi connectivity index (χ1n) is 11.6. The van der Waals surface area contributed by atoms with Crippen LogP contribution in [-0.4, -0.2) is 47.7 Å². The maximum absolute atomic E-state index is 16.2. The van der Waals surface area contributed by atoms with E-state index in [1.807, 2.05) is 13.0 Å². The van der Waals surface area contributed by atoms with Crippen molar-refractivity contribution < 1.29 is 9.50 Å². The number of halogens is 2. The summed E-state index contributed by atoms with van der Waals surface area (Å²) in [6.45, 7) is 13.4. The van der Waals surface area contributed by atoms with Crippen molar-refractivity contribution in [3.8, 4) is 0 Å². The fourth-order valence-electron chi connectivity index (χ4n) is 4.65. The average molecular weight is 546 g/mol. The van der Waals surface area contributed by atoms with Crippen molar-refractivity contribution in [2.24, 2.45) is 20.5 Å². The molecule has 3 rings (SSSR count). The second kappa shape index (κ2) is 9.19. The molecule has 0 unspecified atom stereocenters. The molecule has 2 heterocycles. The summed E-state index contributed by atoms with van der Waals surface area (Å²) in [5, 5.41) is 10.6. The highest BCUT2D eigenvalue weighted by Gasteiger charge is 2.47.